The van der Waals surface area contributed by atoms with Gasteiger partial charge in [0.25, 0.3) is 0 Å². The summed E-state index contributed by atoms with van der Waals surface area (Å²) in [7, 11) is -2.25. The van der Waals surface area contributed by atoms with Gasteiger partial charge in [-0.2, -0.15) is 0 Å². The van der Waals surface area contributed by atoms with Gasteiger partial charge in [0.05, 0.1) is 17.8 Å². The molecule has 6 heteroatoms. The Kier molecular flexibility index (Phi) is 5.46. The summed E-state index contributed by atoms with van der Waals surface area (Å²) in [5, 5.41) is 1.57. The molecular weight excluding hydrogens is 362 g/mol. The van der Waals surface area contributed by atoms with E-state index in [1.807, 2.05) is 24.3 Å². The van der Waals surface area contributed by atoms with Crippen LogP contribution in [0.3, 0.4) is 0 Å². The quantitative estimate of drug-likeness (QED) is 0.520. The number of aryl methyl sites for hydroxylation is 1. The second-order valence-electron chi connectivity index (χ2n) is 6.35. The molecule has 0 fully saturated rings. The highest BCUT2D eigenvalue weighted by atomic mass is 32.2. The summed E-state index contributed by atoms with van der Waals surface area (Å²) < 4.78 is 30.8. The fourth-order valence-corrected chi connectivity index (χ4v) is 4.66. The molecule has 0 unspecified atom stereocenters. The minimum atomic E-state index is -3.59. The van der Waals surface area contributed by atoms with Gasteiger partial charge in [0.15, 0.2) is 9.84 Å². The lowest BCUT2D eigenvalue weighted by atomic mass is 10.1. The van der Waals surface area contributed by atoms with Gasteiger partial charge < -0.3 is 10.5 Å². The largest absolute Gasteiger partial charge is 0.469 e. The van der Waals surface area contributed by atoms with Gasteiger partial charge in [0.2, 0.25) is 0 Å². The molecule has 0 radical (unpaired) electrons. The summed E-state index contributed by atoms with van der Waals surface area (Å²) in [5.41, 5.74) is 7.81. The van der Waals surface area contributed by atoms with Crippen LogP contribution in [0.2, 0.25) is 0 Å². The van der Waals surface area contributed by atoms with Crippen LogP contribution in [0.15, 0.2) is 65.6 Å². The summed E-state index contributed by atoms with van der Waals surface area (Å²) in [6.07, 6.45) is 0.699. The molecule has 5 nitrogen and oxygen atoms in total. The number of carbonyl (C=O) groups excluding carboxylic acids is 1. The van der Waals surface area contributed by atoms with Gasteiger partial charge in [0.1, 0.15) is 0 Å². The summed E-state index contributed by atoms with van der Waals surface area (Å²) in [6.45, 7) is 0. The van der Waals surface area contributed by atoms with Crippen LogP contribution in [-0.2, 0) is 31.5 Å². The molecule has 0 aliphatic heterocycles. The Balaban J connectivity index is 1.92. The fourth-order valence-electron chi connectivity index (χ4n) is 3.04. The Labute approximate surface area is 158 Å². The topological polar surface area (TPSA) is 86.5 Å². The van der Waals surface area contributed by atoms with Crippen LogP contribution in [0.1, 0.15) is 17.5 Å². The highest BCUT2D eigenvalue weighted by molar-refractivity contribution is 7.90. The van der Waals surface area contributed by atoms with E-state index in [-0.39, 0.29) is 18.1 Å². The molecule has 3 rings (SSSR count). The lowest BCUT2D eigenvalue weighted by Gasteiger charge is -2.11. The number of sulfone groups is 1. The van der Waals surface area contributed by atoms with Crippen LogP contribution in [0, 0.1) is 0 Å². The van der Waals surface area contributed by atoms with Gasteiger partial charge in [0, 0.05) is 17.5 Å². The molecule has 0 aromatic heterocycles. The number of methoxy groups -OCH3 is 1. The van der Waals surface area contributed by atoms with Crippen molar-refractivity contribution in [3.8, 4) is 0 Å². The van der Waals surface area contributed by atoms with Crippen molar-refractivity contribution in [2.45, 2.75) is 23.5 Å². The Bertz CT molecular complexity index is 1090. The molecule has 0 atom stereocenters. The van der Waals surface area contributed by atoms with Crippen LogP contribution in [0.25, 0.3) is 10.8 Å². The standard InChI is InChI=1S/C21H21NO4S/c1-26-21(23)12-10-15-9-11-19(22)17(13-15)14-27(24,25)20-8-4-6-16-5-2-3-7-18(16)20/h2-9,11,13H,10,12,14,22H2,1H3. The molecule has 3 aromatic rings. The van der Waals surface area contributed by atoms with Crippen LogP contribution >= 0.6 is 0 Å². The number of nitrogens with two attached hydrogens (primary N) is 1. The van der Waals surface area contributed by atoms with Crippen LogP contribution in [0.5, 0.6) is 0 Å². The maximum Gasteiger partial charge on any atom is 0.305 e. The van der Waals surface area contributed by atoms with Crippen molar-refractivity contribution in [2.75, 3.05) is 12.8 Å². The maximum atomic E-state index is 13.1. The maximum absolute atomic E-state index is 13.1. The summed E-state index contributed by atoms with van der Waals surface area (Å²) >= 11 is 0. The van der Waals surface area contributed by atoms with E-state index in [9.17, 15) is 13.2 Å². The number of esters is 1. The first-order chi connectivity index (χ1) is 12.9. The molecule has 0 bridgehead atoms. The Morgan fingerprint density at radius 3 is 2.56 bits per heavy atom. The zero-order valence-corrected chi connectivity index (χ0v) is 15.8. The van der Waals surface area contributed by atoms with Crippen LogP contribution in [-0.4, -0.2) is 21.5 Å². The molecular formula is C21H21NO4S. The zero-order chi connectivity index (χ0) is 19.4. The third kappa shape index (κ3) is 4.28. The summed E-state index contributed by atoms with van der Waals surface area (Å²) in [6, 6.07) is 17.9. The molecule has 140 valence electrons. The van der Waals surface area contributed by atoms with Gasteiger partial charge in [-0.25, -0.2) is 8.42 Å². The second-order valence-corrected chi connectivity index (χ2v) is 8.30. The summed E-state index contributed by atoms with van der Waals surface area (Å²) in [4.78, 5) is 11.6. The lowest BCUT2D eigenvalue weighted by Crippen LogP contribution is -2.09. The Morgan fingerprint density at radius 2 is 1.78 bits per heavy atom. The number of benzene rings is 3. The van der Waals surface area contributed by atoms with Gasteiger partial charge in [-0.3, -0.25) is 4.79 Å². The van der Waals surface area contributed by atoms with E-state index in [1.54, 1.807) is 36.4 Å². The third-order valence-electron chi connectivity index (χ3n) is 4.48. The highest BCUT2D eigenvalue weighted by Crippen LogP contribution is 2.27. The van der Waals surface area contributed by atoms with Crippen molar-refractivity contribution < 1.29 is 17.9 Å². The van der Waals surface area contributed by atoms with Gasteiger partial charge in [-0.05, 0) is 35.1 Å². The third-order valence-corrected chi connectivity index (χ3v) is 6.20. The van der Waals surface area contributed by atoms with E-state index in [0.717, 1.165) is 10.9 Å². The van der Waals surface area contributed by atoms with Gasteiger partial charge >= 0.3 is 5.97 Å². The molecule has 0 saturated heterocycles. The monoisotopic (exact) mass is 383 g/mol. The first kappa shape index (κ1) is 18.9. The number of hydrogen-bond acceptors (Lipinski definition) is 5. The average Bonchev–Trinajstić information content (AvgIpc) is 2.67. The van der Waals surface area contributed by atoms with Crippen molar-refractivity contribution in [3.63, 3.8) is 0 Å². The SMILES string of the molecule is COC(=O)CCc1ccc(N)c(CS(=O)(=O)c2cccc3ccccc23)c1. The summed E-state index contributed by atoms with van der Waals surface area (Å²) in [5.74, 6) is -0.504. The average molecular weight is 383 g/mol. The number of fused-ring (bicyclic) bond motifs is 1. The number of carbonyl (C=O) groups is 1. The van der Waals surface area contributed by atoms with E-state index in [4.69, 9.17) is 5.73 Å². The minimum Gasteiger partial charge on any atom is -0.469 e. The molecule has 0 aliphatic rings. The van der Waals surface area contributed by atoms with Crippen molar-refractivity contribution in [1.82, 2.24) is 0 Å². The van der Waals surface area contributed by atoms with Crippen LogP contribution in [0.4, 0.5) is 5.69 Å². The normalized spacial score (nSPS) is 11.4. The highest BCUT2D eigenvalue weighted by Gasteiger charge is 2.19. The van der Waals surface area contributed by atoms with Crippen molar-refractivity contribution in [1.29, 1.82) is 0 Å². The second kappa shape index (κ2) is 7.80. The smallest absolute Gasteiger partial charge is 0.305 e. The molecule has 2 N–H and O–H groups in total. The zero-order valence-electron chi connectivity index (χ0n) is 15.0. The van der Waals surface area contributed by atoms with E-state index >= 15 is 0 Å². The van der Waals surface area contributed by atoms with E-state index in [1.165, 1.54) is 7.11 Å². The number of rotatable bonds is 6. The lowest BCUT2D eigenvalue weighted by molar-refractivity contribution is -0.140. The Hall–Kier alpha value is -2.86. The molecule has 27 heavy (non-hydrogen) atoms. The fraction of sp³-hybridized carbons (Fsp3) is 0.190. The van der Waals surface area contributed by atoms with E-state index in [2.05, 4.69) is 4.74 Å². The minimum absolute atomic E-state index is 0.196. The predicted molar refractivity (Wildman–Crippen MR) is 106 cm³/mol. The number of hydrogen-bond donors (Lipinski definition) is 1. The predicted octanol–water partition coefficient (Wildman–Crippen LogP) is 3.50. The van der Waals surface area contributed by atoms with Crippen molar-refractivity contribution in [3.05, 3.63) is 71.8 Å². The van der Waals surface area contributed by atoms with Crippen molar-refractivity contribution in [2.24, 2.45) is 0 Å². The van der Waals surface area contributed by atoms with Gasteiger partial charge in [-0.15, -0.1) is 0 Å². The van der Waals surface area contributed by atoms with Crippen molar-refractivity contribution >= 4 is 32.3 Å². The molecule has 0 amide bonds. The van der Waals surface area contributed by atoms with Gasteiger partial charge in [-0.1, -0.05) is 48.5 Å². The first-order valence-corrected chi connectivity index (χ1v) is 10.2. The molecule has 0 heterocycles. The molecule has 3 aromatic carbocycles. The molecule has 0 aliphatic carbocycles. The molecule has 0 spiro atoms. The number of anilines is 1. The Morgan fingerprint density at radius 1 is 1.04 bits per heavy atom. The van der Waals surface area contributed by atoms with E-state index < -0.39 is 9.84 Å². The number of ether oxygens (including phenoxy) is 1. The van der Waals surface area contributed by atoms with Crippen LogP contribution < -0.4 is 5.73 Å². The number of nitrogen functional groups attached to an aromatic ring is 1. The molecule has 0 saturated carbocycles. The van der Waals surface area contributed by atoms with E-state index in [0.29, 0.717) is 28.0 Å². The first-order valence-electron chi connectivity index (χ1n) is 8.55.